The zero-order valence-corrected chi connectivity index (χ0v) is 11.4. The van der Waals surface area contributed by atoms with E-state index in [-0.39, 0.29) is 22.7 Å². The number of hydrogen-bond acceptors (Lipinski definition) is 3. The van der Waals surface area contributed by atoms with E-state index in [1.807, 2.05) is 6.92 Å². The first-order valence-corrected chi connectivity index (χ1v) is 6.42. The van der Waals surface area contributed by atoms with Gasteiger partial charge in [-0.15, -0.1) is 0 Å². The van der Waals surface area contributed by atoms with Gasteiger partial charge in [-0.2, -0.15) is 5.10 Å². The molecule has 2 aromatic rings. The lowest BCUT2D eigenvalue weighted by atomic mass is 10.1. The van der Waals surface area contributed by atoms with Gasteiger partial charge in [0.05, 0.1) is 11.3 Å². The number of aryl methyl sites for hydroxylation is 1. The summed E-state index contributed by atoms with van der Waals surface area (Å²) in [5, 5.41) is 4.23. The summed E-state index contributed by atoms with van der Waals surface area (Å²) in [6, 6.07) is 7.24. The predicted octanol–water partition coefficient (Wildman–Crippen LogP) is 2.66. The largest absolute Gasteiger partial charge is 0.294 e. The normalized spacial score (nSPS) is 10.6. The third-order valence-electron chi connectivity index (χ3n) is 2.93. The third kappa shape index (κ3) is 2.82. The third-order valence-corrected chi connectivity index (χ3v) is 2.93. The molecule has 0 saturated heterocycles. The van der Waals surface area contributed by atoms with Crippen LogP contribution in [0.4, 0.5) is 4.39 Å². The number of halogens is 1. The first-order valence-electron chi connectivity index (χ1n) is 6.42. The Hall–Kier alpha value is -2.30. The molecule has 0 radical (unpaired) electrons. The van der Waals surface area contributed by atoms with E-state index in [1.165, 1.54) is 29.8 Å². The van der Waals surface area contributed by atoms with Gasteiger partial charge in [-0.25, -0.2) is 9.07 Å². The van der Waals surface area contributed by atoms with Crippen molar-refractivity contribution in [2.24, 2.45) is 0 Å². The summed E-state index contributed by atoms with van der Waals surface area (Å²) >= 11 is 0. The van der Waals surface area contributed by atoms with Gasteiger partial charge in [-0.3, -0.25) is 9.59 Å². The molecule has 0 aliphatic heterocycles. The minimum atomic E-state index is -0.384. The predicted molar refractivity (Wildman–Crippen MR) is 74.2 cm³/mol. The standard InChI is InChI=1S/C15H15FN2O2/c1-3-8-18-15(20)13(10(2)19)9-14(17-18)11-4-6-12(16)7-5-11/h4-7,9H,3,8H2,1-2H3. The highest BCUT2D eigenvalue weighted by atomic mass is 19.1. The molecule has 0 atom stereocenters. The molecule has 4 nitrogen and oxygen atoms in total. The van der Waals surface area contributed by atoms with Crippen molar-refractivity contribution in [2.75, 3.05) is 0 Å². The Bertz CT molecular complexity index is 690. The first-order chi connectivity index (χ1) is 9.52. The minimum absolute atomic E-state index is 0.104. The second-order valence-electron chi connectivity index (χ2n) is 4.53. The zero-order valence-electron chi connectivity index (χ0n) is 11.4. The highest BCUT2D eigenvalue weighted by Gasteiger charge is 2.12. The van der Waals surface area contributed by atoms with Crippen LogP contribution in [0.2, 0.25) is 0 Å². The van der Waals surface area contributed by atoms with E-state index in [4.69, 9.17) is 0 Å². The number of carbonyl (C=O) groups is 1. The van der Waals surface area contributed by atoms with Gasteiger partial charge in [0.1, 0.15) is 5.82 Å². The number of ketones is 1. The van der Waals surface area contributed by atoms with Gasteiger partial charge in [-0.1, -0.05) is 6.92 Å². The summed E-state index contributed by atoms with van der Waals surface area (Å²) in [6.45, 7) is 3.71. The highest BCUT2D eigenvalue weighted by molar-refractivity contribution is 5.94. The number of carbonyl (C=O) groups excluding carboxylic acids is 1. The van der Waals surface area contributed by atoms with Crippen LogP contribution in [0.15, 0.2) is 35.1 Å². The van der Waals surface area contributed by atoms with Gasteiger partial charge in [0, 0.05) is 12.1 Å². The summed E-state index contributed by atoms with van der Waals surface area (Å²) < 4.78 is 14.2. The molecule has 1 aromatic carbocycles. The van der Waals surface area contributed by atoms with Crippen molar-refractivity contribution in [1.29, 1.82) is 0 Å². The maximum Gasteiger partial charge on any atom is 0.277 e. The fourth-order valence-electron chi connectivity index (χ4n) is 1.92. The molecule has 0 saturated carbocycles. The molecule has 2 rings (SSSR count). The first kappa shape index (κ1) is 14.1. The Morgan fingerprint density at radius 3 is 2.50 bits per heavy atom. The second kappa shape index (κ2) is 5.77. The molecule has 0 fully saturated rings. The molecule has 5 heteroatoms. The van der Waals surface area contributed by atoms with E-state index < -0.39 is 0 Å². The SMILES string of the molecule is CCCn1nc(-c2ccc(F)cc2)cc(C(C)=O)c1=O. The summed E-state index contributed by atoms with van der Waals surface area (Å²) in [4.78, 5) is 23.6. The molecule has 20 heavy (non-hydrogen) atoms. The molecular weight excluding hydrogens is 259 g/mol. The average molecular weight is 274 g/mol. The molecule has 0 unspecified atom stereocenters. The van der Waals surface area contributed by atoms with E-state index in [2.05, 4.69) is 5.10 Å². The van der Waals surface area contributed by atoms with E-state index in [1.54, 1.807) is 12.1 Å². The average Bonchev–Trinajstić information content (AvgIpc) is 2.42. The molecule has 0 N–H and O–H groups in total. The second-order valence-corrected chi connectivity index (χ2v) is 4.53. The number of rotatable bonds is 4. The van der Waals surface area contributed by atoms with Crippen LogP contribution in [0.3, 0.4) is 0 Å². The zero-order chi connectivity index (χ0) is 14.7. The summed E-state index contributed by atoms with van der Waals surface area (Å²) in [5.41, 5.74) is 0.875. The maximum absolute atomic E-state index is 12.9. The smallest absolute Gasteiger partial charge is 0.277 e. The molecule has 1 heterocycles. The van der Waals surface area contributed by atoms with E-state index in [9.17, 15) is 14.0 Å². The van der Waals surface area contributed by atoms with Crippen LogP contribution in [-0.4, -0.2) is 15.6 Å². The Labute approximate surface area is 115 Å². The van der Waals surface area contributed by atoms with Crippen LogP contribution in [-0.2, 0) is 6.54 Å². The lowest BCUT2D eigenvalue weighted by Gasteiger charge is -2.08. The number of nitrogens with zero attached hydrogens (tertiary/aromatic N) is 2. The van der Waals surface area contributed by atoms with Gasteiger partial charge in [0.25, 0.3) is 5.56 Å². The Balaban J connectivity index is 2.61. The van der Waals surface area contributed by atoms with Crippen LogP contribution >= 0.6 is 0 Å². The topological polar surface area (TPSA) is 52.0 Å². The van der Waals surface area contributed by atoms with Crippen LogP contribution in [0.1, 0.15) is 30.6 Å². The number of hydrogen-bond donors (Lipinski definition) is 0. The lowest BCUT2D eigenvalue weighted by molar-refractivity contribution is 0.101. The molecule has 0 amide bonds. The van der Waals surface area contributed by atoms with Gasteiger partial charge in [0.2, 0.25) is 0 Å². The van der Waals surface area contributed by atoms with Crippen LogP contribution in [0.5, 0.6) is 0 Å². The van der Waals surface area contributed by atoms with Crippen molar-refractivity contribution in [3.8, 4) is 11.3 Å². The van der Waals surface area contributed by atoms with E-state index in [0.29, 0.717) is 17.8 Å². The molecule has 1 aromatic heterocycles. The molecular formula is C15H15FN2O2. The monoisotopic (exact) mass is 274 g/mol. The van der Waals surface area contributed by atoms with E-state index >= 15 is 0 Å². The fourth-order valence-corrected chi connectivity index (χ4v) is 1.92. The van der Waals surface area contributed by atoms with Crippen molar-refractivity contribution in [3.05, 3.63) is 52.1 Å². The van der Waals surface area contributed by atoms with Crippen LogP contribution in [0, 0.1) is 5.82 Å². The Kier molecular flexibility index (Phi) is 4.08. The lowest BCUT2D eigenvalue weighted by Crippen LogP contribution is -2.28. The minimum Gasteiger partial charge on any atom is -0.294 e. The molecule has 0 bridgehead atoms. The fraction of sp³-hybridized carbons (Fsp3) is 0.267. The van der Waals surface area contributed by atoms with Crippen molar-refractivity contribution in [1.82, 2.24) is 9.78 Å². The van der Waals surface area contributed by atoms with Crippen molar-refractivity contribution < 1.29 is 9.18 Å². The van der Waals surface area contributed by atoms with Crippen LogP contribution < -0.4 is 5.56 Å². The molecule has 0 spiro atoms. The molecule has 0 aliphatic rings. The van der Waals surface area contributed by atoms with Gasteiger partial charge in [0.15, 0.2) is 5.78 Å². The maximum atomic E-state index is 12.9. The van der Waals surface area contributed by atoms with Crippen molar-refractivity contribution in [2.45, 2.75) is 26.8 Å². The van der Waals surface area contributed by atoms with Gasteiger partial charge < -0.3 is 0 Å². The quantitative estimate of drug-likeness (QED) is 0.805. The molecule has 104 valence electrons. The van der Waals surface area contributed by atoms with E-state index in [0.717, 1.165) is 6.42 Å². The van der Waals surface area contributed by atoms with Crippen LogP contribution in [0.25, 0.3) is 11.3 Å². The number of benzene rings is 1. The Morgan fingerprint density at radius 2 is 1.95 bits per heavy atom. The Morgan fingerprint density at radius 1 is 1.30 bits per heavy atom. The number of aromatic nitrogens is 2. The van der Waals surface area contributed by atoms with Crippen molar-refractivity contribution in [3.63, 3.8) is 0 Å². The molecule has 0 aliphatic carbocycles. The summed E-state index contributed by atoms with van der Waals surface area (Å²) in [6.07, 6.45) is 0.733. The number of Topliss-reactive ketones (excluding diaryl/α,β-unsaturated/α-hetero) is 1. The highest BCUT2D eigenvalue weighted by Crippen LogP contribution is 2.17. The van der Waals surface area contributed by atoms with Crippen molar-refractivity contribution >= 4 is 5.78 Å². The summed E-state index contributed by atoms with van der Waals surface area (Å²) in [7, 11) is 0. The van der Waals surface area contributed by atoms with Gasteiger partial charge in [-0.05, 0) is 43.7 Å². The summed E-state index contributed by atoms with van der Waals surface area (Å²) in [5.74, 6) is -0.645. The van der Waals surface area contributed by atoms with Gasteiger partial charge >= 0.3 is 0 Å².